The maximum atomic E-state index is 12.6. The number of amides is 1. The molecule has 0 bridgehead atoms. The second kappa shape index (κ2) is 8.67. The molecule has 1 heterocycles. The standard InChI is InChI=1S/C21H25ClN2O2/c1-15-3-2-4-16(11-15)9-10-24-14-19(25)12-20(24)21(26)23-13-17-5-7-18(22)8-6-17/h2-8,11,19-20,25H,9-10,12-14H2,1H3,(H,23,26). The average Bonchev–Trinajstić information content (AvgIpc) is 3.00. The van der Waals surface area contributed by atoms with Gasteiger partial charge in [-0.05, 0) is 43.0 Å². The third kappa shape index (κ3) is 5.07. The molecule has 2 unspecified atom stereocenters. The van der Waals surface area contributed by atoms with E-state index in [1.807, 2.05) is 24.3 Å². The monoisotopic (exact) mass is 372 g/mol. The van der Waals surface area contributed by atoms with E-state index < -0.39 is 6.10 Å². The van der Waals surface area contributed by atoms with Crippen molar-refractivity contribution in [2.45, 2.75) is 38.5 Å². The Morgan fingerprint density at radius 1 is 1.23 bits per heavy atom. The van der Waals surface area contributed by atoms with E-state index in [4.69, 9.17) is 11.6 Å². The predicted octanol–water partition coefficient (Wildman–Crippen LogP) is 2.94. The molecule has 4 nitrogen and oxygen atoms in total. The van der Waals surface area contributed by atoms with Gasteiger partial charge in [0.1, 0.15) is 0 Å². The van der Waals surface area contributed by atoms with Crippen LogP contribution in [0.5, 0.6) is 0 Å². The van der Waals surface area contributed by atoms with Crippen molar-refractivity contribution in [3.05, 3.63) is 70.2 Å². The Morgan fingerprint density at radius 3 is 2.73 bits per heavy atom. The lowest BCUT2D eigenvalue weighted by atomic mass is 10.1. The first kappa shape index (κ1) is 18.9. The quantitative estimate of drug-likeness (QED) is 0.819. The molecule has 0 radical (unpaired) electrons. The summed E-state index contributed by atoms with van der Waals surface area (Å²) in [6.07, 6.45) is 0.911. The minimum absolute atomic E-state index is 0.0271. The minimum Gasteiger partial charge on any atom is -0.392 e. The summed E-state index contributed by atoms with van der Waals surface area (Å²) in [6.45, 7) is 3.86. The highest BCUT2D eigenvalue weighted by atomic mass is 35.5. The number of β-amino-alcohol motifs (C(OH)–C–C–N with tert-alkyl or cyclic N) is 1. The summed E-state index contributed by atoms with van der Waals surface area (Å²) >= 11 is 5.89. The summed E-state index contributed by atoms with van der Waals surface area (Å²) < 4.78 is 0. The number of halogens is 1. The highest BCUT2D eigenvalue weighted by Gasteiger charge is 2.35. The second-order valence-corrected chi connectivity index (χ2v) is 7.42. The molecule has 138 valence electrons. The van der Waals surface area contributed by atoms with E-state index in [1.54, 1.807) is 0 Å². The van der Waals surface area contributed by atoms with Crippen LogP contribution in [0.15, 0.2) is 48.5 Å². The van der Waals surface area contributed by atoms with Gasteiger partial charge in [0.15, 0.2) is 0 Å². The Balaban J connectivity index is 1.55. The number of aryl methyl sites for hydroxylation is 1. The lowest BCUT2D eigenvalue weighted by molar-refractivity contribution is -0.125. The van der Waals surface area contributed by atoms with E-state index in [2.05, 4.69) is 41.4 Å². The Labute approximate surface area is 159 Å². The number of benzene rings is 2. The first-order valence-corrected chi connectivity index (χ1v) is 9.39. The van der Waals surface area contributed by atoms with Crippen molar-refractivity contribution in [3.8, 4) is 0 Å². The van der Waals surface area contributed by atoms with E-state index >= 15 is 0 Å². The van der Waals surface area contributed by atoms with Crippen molar-refractivity contribution >= 4 is 17.5 Å². The zero-order valence-electron chi connectivity index (χ0n) is 15.0. The molecular formula is C21H25ClN2O2. The molecule has 2 atom stereocenters. The zero-order valence-corrected chi connectivity index (χ0v) is 15.7. The van der Waals surface area contributed by atoms with Crippen molar-refractivity contribution in [2.24, 2.45) is 0 Å². The summed E-state index contributed by atoms with van der Waals surface area (Å²) in [5, 5.41) is 13.7. The van der Waals surface area contributed by atoms with Crippen LogP contribution in [0.3, 0.4) is 0 Å². The van der Waals surface area contributed by atoms with Crippen molar-refractivity contribution in [3.63, 3.8) is 0 Å². The molecule has 0 aromatic heterocycles. The molecule has 1 amide bonds. The molecule has 26 heavy (non-hydrogen) atoms. The Kier molecular flexibility index (Phi) is 6.30. The number of aliphatic hydroxyl groups is 1. The molecule has 3 rings (SSSR count). The number of carbonyl (C=O) groups excluding carboxylic acids is 1. The van der Waals surface area contributed by atoms with Crippen LogP contribution in [-0.4, -0.2) is 41.1 Å². The molecule has 1 aliphatic heterocycles. The molecule has 2 N–H and O–H groups in total. The van der Waals surface area contributed by atoms with Gasteiger partial charge in [-0.1, -0.05) is 53.6 Å². The minimum atomic E-state index is -0.446. The molecule has 2 aromatic carbocycles. The normalized spacial score (nSPS) is 20.3. The molecule has 1 saturated heterocycles. The molecule has 0 aliphatic carbocycles. The number of nitrogens with zero attached hydrogens (tertiary/aromatic N) is 1. The third-order valence-corrected chi connectivity index (χ3v) is 5.09. The summed E-state index contributed by atoms with van der Waals surface area (Å²) in [5.74, 6) is -0.0271. The maximum Gasteiger partial charge on any atom is 0.237 e. The van der Waals surface area contributed by atoms with Crippen molar-refractivity contribution < 1.29 is 9.90 Å². The fourth-order valence-corrected chi connectivity index (χ4v) is 3.57. The topological polar surface area (TPSA) is 52.6 Å². The number of aliphatic hydroxyl groups excluding tert-OH is 1. The first-order chi connectivity index (χ1) is 12.5. The summed E-state index contributed by atoms with van der Waals surface area (Å²) in [5.41, 5.74) is 3.50. The fraction of sp³-hybridized carbons (Fsp3) is 0.381. The molecule has 1 fully saturated rings. The van der Waals surface area contributed by atoms with Crippen LogP contribution in [-0.2, 0) is 17.8 Å². The van der Waals surface area contributed by atoms with Gasteiger partial charge in [-0.15, -0.1) is 0 Å². The van der Waals surface area contributed by atoms with Gasteiger partial charge in [-0.2, -0.15) is 0 Å². The van der Waals surface area contributed by atoms with Crippen LogP contribution in [0.25, 0.3) is 0 Å². The van der Waals surface area contributed by atoms with Crippen LogP contribution >= 0.6 is 11.6 Å². The summed E-state index contributed by atoms with van der Waals surface area (Å²) in [6, 6.07) is 15.6. The van der Waals surface area contributed by atoms with Crippen LogP contribution in [0, 0.1) is 6.92 Å². The van der Waals surface area contributed by atoms with E-state index in [1.165, 1.54) is 11.1 Å². The van der Waals surface area contributed by atoms with Gasteiger partial charge in [0.25, 0.3) is 0 Å². The second-order valence-electron chi connectivity index (χ2n) is 6.98. The van der Waals surface area contributed by atoms with E-state index in [0.29, 0.717) is 24.5 Å². The smallest absolute Gasteiger partial charge is 0.237 e. The Hall–Kier alpha value is -1.88. The number of nitrogens with one attached hydrogen (secondary N) is 1. The third-order valence-electron chi connectivity index (χ3n) is 4.83. The maximum absolute atomic E-state index is 12.6. The van der Waals surface area contributed by atoms with E-state index in [-0.39, 0.29) is 11.9 Å². The van der Waals surface area contributed by atoms with Crippen LogP contribution in [0.1, 0.15) is 23.1 Å². The molecule has 0 spiro atoms. The van der Waals surface area contributed by atoms with Gasteiger partial charge in [0.05, 0.1) is 12.1 Å². The Bertz CT molecular complexity index is 748. The first-order valence-electron chi connectivity index (χ1n) is 9.01. The predicted molar refractivity (Wildman–Crippen MR) is 104 cm³/mol. The van der Waals surface area contributed by atoms with Crippen LogP contribution in [0.4, 0.5) is 0 Å². The van der Waals surface area contributed by atoms with Crippen molar-refractivity contribution in [2.75, 3.05) is 13.1 Å². The molecule has 2 aromatic rings. The largest absolute Gasteiger partial charge is 0.392 e. The number of carbonyl (C=O) groups is 1. The SMILES string of the molecule is Cc1cccc(CCN2CC(O)CC2C(=O)NCc2ccc(Cl)cc2)c1. The van der Waals surface area contributed by atoms with Gasteiger partial charge in [-0.25, -0.2) is 0 Å². The zero-order chi connectivity index (χ0) is 18.5. The number of hydrogen-bond donors (Lipinski definition) is 2. The average molecular weight is 373 g/mol. The number of hydrogen-bond acceptors (Lipinski definition) is 3. The molecule has 0 saturated carbocycles. The molecule has 1 aliphatic rings. The lowest BCUT2D eigenvalue weighted by Gasteiger charge is -2.23. The Morgan fingerprint density at radius 2 is 2.00 bits per heavy atom. The number of likely N-dealkylation sites (tertiary alicyclic amines) is 1. The summed E-state index contributed by atoms with van der Waals surface area (Å²) in [7, 11) is 0. The van der Waals surface area contributed by atoms with Crippen LogP contribution in [0.2, 0.25) is 5.02 Å². The highest BCUT2D eigenvalue weighted by Crippen LogP contribution is 2.19. The van der Waals surface area contributed by atoms with Crippen LogP contribution < -0.4 is 5.32 Å². The van der Waals surface area contributed by atoms with Crippen molar-refractivity contribution in [1.29, 1.82) is 0 Å². The molecular weight excluding hydrogens is 348 g/mol. The van der Waals surface area contributed by atoms with Gasteiger partial charge >= 0.3 is 0 Å². The van der Waals surface area contributed by atoms with Gasteiger partial charge in [-0.3, -0.25) is 9.69 Å². The highest BCUT2D eigenvalue weighted by molar-refractivity contribution is 6.30. The van der Waals surface area contributed by atoms with E-state index in [0.717, 1.165) is 18.5 Å². The fourth-order valence-electron chi connectivity index (χ4n) is 3.45. The molecule has 5 heteroatoms. The van der Waals surface area contributed by atoms with Gasteiger partial charge in [0, 0.05) is 24.7 Å². The lowest BCUT2D eigenvalue weighted by Crippen LogP contribution is -2.43. The van der Waals surface area contributed by atoms with E-state index in [9.17, 15) is 9.90 Å². The van der Waals surface area contributed by atoms with Crippen molar-refractivity contribution in [1.82, 2.24) is 10.2 Å². The van der Waals surface area contributed by atoms with Gasteiger partial charge in [0.2, 0.25) is 5.91 Å². The number of rotatable bonds is 6. The summed E-state index contributed by atoms with van der Waals surface area (Å²) in [4.78, 5) is 14.7. The van der Waals surface area contributed by atoms with Gasteiger partial charge < -0.3 is 10.4 Å².